The van der Waals surface area contributed by atoms with Gasteiger partial charge in [0, 0.05) is 20.6 Å². The number of H-pyrrole nitrogens is 1. The van der Waals surface area contributed by atoms with Crippen LogP contribution in [0.4, 0.5) is 0 Å². The molecule has 144 valence electrons. The molecule has 0 aliphatic carbocycles. The Kier molecular flexibility index (Phi) is 5.88. The maximum Gasteiger partial charge on any atom is 0.349 e. The second-order valence-electron chi connectivity index (χ2n) is 5.68. The molecule has 10 heteroatoms. The van der Waals surface area contributed by atoms with Crippen molar-refractivity contribution in [3.8, 4) is 5.69 Å². The quantitative estimate of drug-likeness (QED) is 0.629. The molecule has 1 unspecified atom stereocenters. The van der Waals surface area contributed by atoms with Gasteiger partial charge in [0.05, 0.1) is 12.8 Å². The van der Waals surface area contributed by atoms with Crippen LogP contribution in [0.5, 0.6) is 0 Å². The summed E-state index contributed by atoms with van der Waals surface area (Å²) in [6.45, 7) is 0. The lowest BCUT2D eigenvalue weighted by molar-refractivity contribution is -0.141. The zero-order valence-corrected chi connectivity index (χ0v) is 16.5. The summed E-state index contributed by atoms with van der Waals surface area (Å²) in [6.07, 6.45) is 0.947. The molecule has 2 aromatic carbocycles. The molecule has 0 aliphatic heterocycles. The molecule has 0 radical (unpaired) electrons. The number of halogens is 3. The number of nitrogens with zero attached hydrogens (tertiary/aromatic N) is 2. The van der Waals surface area contributed by atoms with Crippen LogP contribution < -0.4 is 11.2 Å². The number of methoxy groups -OCH3 is 1. The zero-order valence-electron chi connectivity index (χ0n) is 14.3. The first-order valence-electron chi connectivity index (χ1n) is 7.83. The minimum absolute atomic E-state index is 0.118. The van der Waals surface area contributed by atoms with Crippen LogP contribution >= 0.6 is 34.8 Å². The number of carbonyl (C=O) groups is 1. The van der Waals surface area contributed by atoms with Crippen molar-refractivity contribution in [3.63, 3.8) is 0 Å². The molecule has 3 aromatic rings. The van der Waals surface area contributed by atoms with Crippen LogP contribution in [-0.4, -0.2) is 27.8 Å². The fourth-order valence-corrected chi connectivity index (χ4v) is 3.52. The van der Waals surface area contributed by atoms with Crippen LogP contribution in [0, 0.1) is 0 Å². The smallest absolute Gasteiger partial charge is 0.349 e. The van der Waals surface area contributed by atoms with Gasteiger partial charge in [0.1, 0.15) is 12.1 Å². The molecular formula is C18H12Cl3N3O4. The Balaban J connectivity index is 2.17. The number of aromatic amines is 1. The number of benzene rings is 2. The van der Waals surface area contributed by atoms with Gasteiger partial charge in [0.25, 0.3) is 5.56 Å². The first kappa shape index (κ1) is 20.1. The molecule has 7 nitrogen and oxygen atoms in total. The predicted octanol–water partition coefficient (Wildman–Crippen LogP) is 3.19. The second-order valence-corrected chi connectivity index (χ2v) is 6.93. The van der Waals surface area contributed by atoms with Crippen LogP contribution in [0.25, 0.3) is 5.69 Å². The highest BCUT2D eigenvalue weighted by atomic mass is 35.5. The number of carbonyl (C=O) groups excluding carboxylic acids is 1. The molecule has 1 aromatic heterocycles. The normalized spacial score (nSPS) is 11.9. The lowest BCUT2D eigenvalue weighted by Gasteiger charge is -2.19. The Morgan fingerprint density at radius 1 is 1.11 bits per heavy atom. The Hall–Kier alpha value is -2.61. The van der Waals surface area contributed by atoms with Gasteiger partial charge in [0.15, 0.2) is 0 Å². The summed E-state index contributed by atoms with van der Waals surface area (Å²) in [7, 11) is 1.26. The Labute approximate surface area is 173 Å². The van der Waals surface area contributed by atoms with Crippen molar-refractivity contribution in [3.05, 3.63) is 89.6 Å². The SMILES string of the molecule is COC(=O)C(c1ccc(Cl)cc1)c1c(Cl)cc(-n2ncc(=O)[nH]c2=O)cc1Cl. The molecular weight excluding hydrogens is 429 g/mol. The van der Waals surface area contributed by atoms with Crippen molar-refractivity contribution in [1.29, 1.82) is 0 Å². The van der Waals surface area contributed by atoms with Crippen molar-refractivity contribution >= 4 is 40.8 Å². The van der Waals surface area contributed by atoms with E-state index in [-0.39, 0.29) is 15.7 Å². The van der Waals surface area contributed by atoms with Crippen LogP contribution in [-0.2, 0) is 9.53 Å². The Morgan fingerprint density at radius 2 is 1.71 bits per heavy atom. The third-order valence-corrected chi connectivity index (χ3v) is 4.83. The Morgan fingerprint density at radius 3 is 2.25 bits per heavy atom. The van der Waals surface area contributed by atoms with Gasteiger partial charge in [-0.05, 0) is 29.8 Å². The van der Waals surface area contributed by atoms with E-state index in [2.05, 4.69) is 10.1 Å². The highest BCUT2D eigenvalue weighted by Gasteiger charge is 2.29. The number of nitrogens with one attached hydrogen (secondary N) is 1. The molecule has 28 heavy (non-hydrogen) atoms. The minimum Gasteiger partial charge on any atom is -0.468 e. The van der Waals surface area contributed by atoms with E-state index in [9.17, 15) is 14.4 Å². The minimum atomic E-state index is -0.906. The number of hydrogen-bond acceptors (Lipinski definition) is 5. The molecule has 0 saturated heterocycles. The van der Waals surface area contributed by atoms with Gasteiger partial charge < -0.3 is 4.74 Å². The standard InChI is InChI=1S/C18H12Cl3N3O4/c1-28-17(26)15(9-2-4-10(19)5-3-9)16-12(20)6-11(7-13(16)21)24-18(27)23-14(25)8-22-24/h2-8,15H,1H3,(H,23,25,27). The van der Waals surface area contributed by atoms with Crippen LogP contribution in [0.15, 0.2) is 52.2 Å². The monoisotopic (exact) mass is 439 g/mol. The maximum atomic E-state index is 12.5. The largest absolute Gasteiger partial charge is 0.468 e. The van der Waals surface area contributed by atoms with E-state index in [1.54, 1.807) is 24.3 Å². The summed E-state index contributed by atoms with van der Waals surface area (Å²) in [6, 6.07) is 9.43. The summed E-state index contributed by atoms with van der Waals surface area (Å²) in [5, 5.41) is 4.50. The lowest BCUT2D eigenvalue weighted by Crippen LogP contribution is -2.30. The second kappa shape index (κ2) is 8.18. The predicted molar refractivity (Wildman–Crippen MR) is 106 cm³/mol. The number of esters is 1. The van der Waals surface area contributed by atoms with Gasteiger partial charge in [-0.2, -0.15) is 9.78 Å². The lowest BCUT2D eigenvalue weighted by atomic mass is 9.91. The van der Waals surface area contributed by atoms with E-state index in [4.69, 9.17) is 39.5 Å². The summed E-state index contributed by atoms with van der Waals surface area (Å²) in [5.41, 5.74) is -0.288. The summed E-state index contributed by atoms with van der Waals surface area (Å²) in [5.74, 6) is -1.48. The Bertz CT molecular complexity index is 1130. The highest BCUT2D eigenvalue weighted by Crippen LogP contribution is 2.38. The first-order valence-corrected chi connectivity index (χ1v) is 8.96. The average molecular weight is 441 g/mol. The van der Waals surface area contributed by atoms with Gasteiger partial charge in [-0.15, -0.1) is 0 Å². The van der Waals surface area contributed by atoms with Gasteiger partial charge in [0.2, 0.25) is 0 Å². The fourth-order valence-electron chi connectivity index (χ4n) is 2.70. The molecule has 1 heterocycles. The highest BCUT2D eigenvalue weighted by molar-refractivity contribution is 6.37. The molecule has 0 bridgehead atoms. The van der Waals surface area contributed by atoms with E-state index in [1.807, 2.05) is 0 Å². The number of ether oxygens (including phenoxy) is 1. The van der Waals surface area contributed by atoms with E-state index < -0.39 is 23.1 Å². The summed E-state index contributed by atoms with van der Waals surface area (Å²) >= 11 is 18.7. The van der Waals surface area contributed by atoms with E-state index in [1.165, 1.54) is 19.2 Å². The van der Waals surface area contributed by atoms with Crippen molar-refractivity contribution in [2.24, 2.45) is 0 Å². The average Bonchev–Trinajstić information content (AvgIpc) is 2.65. The molecule has 1 N–H and O–H groups in total. The van der Waals surface area contributed by atoms with E-state index >= 15 is 0 Å². The van der Waals surface area contributed by atoms with Crippen LogP contribution in [0.3, 0.4) is 0 Å². The first-order chi connectivity index (χ1) is 13.3. The van der Waals surface area contributed by atoms with Crippen molar-refractivity contribution in [1.82, 2.24) is 14.8 Å². The van der Waals surface area contributed by atoms with Crippen molar-refractivity contribution in [2.75, 3.05) is 7.11 Å². The van der Waals surface area contributed by atoms with Gasteiger partial charge >= 0.3 is 11.7 Å². The van der Waals surface area contributed by atoms with E-state index in [0.717, 1.165) is 10.9 Å². The third kappa shape index (κ3) is 3.96. The van der Waals surface area contributed by atoms with Gasteiger partial charge in [-0.1, -0.05) is 46.9 Å². The number of hydrogen-bond donors (Lipinski definition) is 1. The number of aromatic nitrogens is 3. The van der Waals surface area contributed by atoms with Crippen molar-refractivity contribution < 1.29 is 9.53 Å². The molecule has 0 spiro atoms. The molecule has 1 atom stereocenters. The fraction of sp³-hybridized carbons (Fsp3) is 0.111. The zero-order chi connectivity index (χ0) is 20.4. The topological polar surface area (TPSA) is 94.1 Å². The van der Waals surface area contributed by atoms with Crippen LogP contribution in [0.2, 0.25) is 15.1 Å². The summed E-state index contributed by atoms with van der Waals surface area (Å²) in [4.78, 5) is 37.7. The van der Waals surface area contributed by atoms with Crippen molar-refractivity contribution in [2.45, 2.75) is 5.92 Å². The van der Waals surface area contributed by atoms with Gasteiger partial charge in [-0.3, -0.25) is 14.6 Å². The summed E-state index contributed by atoms with van der Waals surface area (Å²) < 4.78 is 5.84. The number of rotatable bonds is 4. The molecule has 0 saturated carbocycles. The molecule has 0 aliphatic rings. The molecule has 0 fully saturated rings. The molecule has 3 rings (SSSR count). The van der Waals surface area contributed by atoms with Gasteiger partial charge in [-0.25, -0.2) is 4.79 Å². The third-order valence-electron chi connectivity index (χ3n) is 3.95. The van der Waals surface area contributed by atoms with E-state index in [0.29, 0.717) is 16.1 Å². The van der Waals surface area contributed by atoms with Crippen LogP contribution in [0.1, 0.15) is 17.0 Å². The molecule has 0 amide bonds. The maximum absolute atomic E-state index is 12.5.